The summed E-state index contributed by atoms with van der Waals surface area (Å²) in [6.07, 6.45) is -7.03. The molecule has 32 heavy (non-hydrogen) atoms. The van der Waals surface area contributed by atoms with Crippen LogP contribution in [0.2, 0.25) is 0 Å². The highest BCUT2D eigenvalue weighted by molar-refractivity contribution is 7.89. The average molecular weight is 484 g/mol. The third-order valence-corrected chi connectivity index (χ3v) is 6.47. The molecule has 2 N–H and O–H groups in total. The second kappa shape index (κ2) is 7.71. The van der Waals surface area contributed by atoms with Gasteiger partial charge in [-0.2, -0.15) is 22.4 Å². The predicted octanol–water partition coefficient (Wildman–Crippen LogP) is 2.21. The third-order valence-electron chi connectivity index (χ3n) is 5.61. The van der Waals surface area contributed by atoms with Crippen LogP contribution in [0.4, 0.5) is 26.3 Å². The molecule has 0 amide bonds. The van der Waals surface area contributed by atoms with Gasteiger partial charge in [0.15, 0.2) is 17.7 Å². The van der Waals surface area contributed by atoms with Crippen LogP contribution in [0, 0.1) is 17.5 Å². The lowest BCUT2D eigenvalue weighted by atomic mass is 9.89. The number of benzene rings is 1. The van der Waals surface area contributed by atoms with E-state index in [0.717, 1.165) is 10.3 Å². The smallest absolute Gasteiger partial charge is 0.357 e. The second-order valence-corrected chi connectivity index (χ2v) is 9.76. The van der Waals surface area contributed by atoms with E-state index in [1.807, 2.05) is 0 Å². The number of alkyl halides is 3. The van der Waals surface area contributed by atoms with Crippen LogP contribution in [-0.4, -0.2) is 53.1 Å². The van der Waals surface area contributed by atoms with Crippen molar-refractivity contribution >= 4 is 10.0 Å². The van der Waals surface area contributed by atoms with Crippen molar-refractivity contribution in [1.82, 2.24) is 14.1 Å². The fourth-order valence-corrected chi connectivity index (χ4v) is 4.69. The molecule has 0 bridgehead atoms. The number of hydrogen-bond acceptors (Lipinski definition) is 6. The molecule has 14 heteroatoms. The Hall–Kier alpha value is -2.16. The van der Waals surface area contributed by atoms with Crippen LogP contribution >= 0.6 is 0 Å². The number of rotatable bonds is 3. The van der Waals surface area contributed by atoms with Gasteiger partial charge in [-0.05, 0) is 12.5 Å². The summed E-state index contributed by atoms with van der Waals surface area (Å²) >= 11 is 0. The quantitative estimate of drug-likeness (QED) is 0.531. The summed E-state index contributed by atoms with van der Waals surface area (Å²) in [6, 6.07) is -1.75. The number of hydrogen-bond donors (Lipinski definition) is 1. The highest BCUT2D eigenvalue weighted by atomic mass is 32.2. The highest BCUT2D eigenvalue weighted by Gasteiger charge is 2.54. The van der Waals surface area contributed by atoms with Crippen molar-refractivity contribution in [2.24, 2.45) is 5.73 Å². The predicted molar refractivity (Wildman–Crippen MR) is 98.1 cm³/mol. The Balaban J connectivity index is 1.61. The summed E-state index contributed by atoms with van der Waals surface area (Å²) in [5.74, 6) is -4.18. The summed E-state index contributed by atoms with van der Waals surface area (Å²) < 4.78 is 112. The van der Waals surface area contributed by atoms with E-state index in [2.05, 4.69) is 5.10 Å². The molecule has 0 aliphatic carbocycles. The molecule has 0 spiro atoms. The minimum atomic E-state index is -4.87. The van der Waals surface area contributed by atoms with Crippen molar-refractivity contribution in [3.63, 3.8) is 0 Å². The Kier molecular flexibility index (Phi) is 5.55. The van der Waals surface area contributed by atoms with Gasteiger partial charge in [0.2, 0.25) is 0 Å². The van der Waals surface area contributed by atoms with Crippen molar-refractivity contribution in [1.29, 1.82) is 0 Å². The van der Waals surface area contributed by atoms with Crippen LogP contribution in [0.5, 0.6) is 0 Å². The molecule has 0 radical (unpaired) electrons. The van der Waals surface area contributed by atoms with E-state index in [4.69, 9.17) is 10.5 Å². The molecule has 4 rings (SSSR count). The van der Waals surface area contributed by atoms with Gasteiger partial charge in [0, 0.05) is 48.6 Å². The van der Waals surface area contributed by atoms with E-state index in [0.29, 0.717) is 17.3 Å². The normalized spacial score (nSPS) is 27.0. The number of nitrogens with zero attached hydrogens (tertiary/aromatic N) is 3. The maximum atomic E-state index is 14.2. The fraction of sp³-hybridized carbons (Fsp3) is 0.500. The Morgan fingerprint density at radius 3 is 2.38 bits per heavy atom. The largest absolute Gasteiger partial charge is 0.416 e. The lowest BCUT2D eigenvalue weighted by Crippen LogP contribution is -2.58. The van der Waals surface area contributed by atoms with E-state index in [-0.39, 0.29) is 25.6 Å². The van der Waals surface area contributed by atoms with E-state index < -0.39 is 63.5 Å². The summed E-state index contributed by atoms with van der Waals surface area (Å²) in [4.78, 5) is 1.40. The number of ether oxygens (including phenoxy) is 1. The molecule has 2 aliphatic rings. The lowest BCUT2D eigenvalue weighted by Gasteiger charge is -2.44. The molecular weight excluding hydrogens is 466 g/mol. The molecule has 1 fully saturated rings. The summed E-state index contributed by atoms with van der Waals surface area (Å²) in [5.41, 5.74) is 6.14. The van der Waals surface area contributed by atoms with E-state index in [1.54, 1.807) is 0 Å². The average Bonchev–Trinajstić information content (AvgIpc) is 3.23. The molecule has 4 atom stereocenters. The minimum Gasteiger partial charge on any atom is -0.357 e. The van der Waals surface area contributed by atoms with E-state index >= 15 is 0 Å². The second-order valence-electron chi connectivity index (χ2n) is 7.92. The Bertz CT molecular complexity index is 1130. The first-order chi connectivity index (χ1) is 14.8. The van der Waals surface area contributed by atoms with Crippen molar-refractivity contribution in [2.75, 3.05) is 6.26 Å². The maximum absolute atomic E-state index is 14.2. The number of halogens is 6. The molecule has 2 aromatic rings. The van der Waals surface area contributed by atoms with Crippen molar-refractivity contribution < 1.29 is 39.5 Å². The van der Waals surface area contributed by atoms with Crippen molar-refractivity contribution in [3.8, 4) is 0 Å². The molecule has 7 nitrogen and oxygen atoms in total. The van der Waals surface area contributed by atoms with Crippen LogP contribution in [0.25, 0.3) is 0 Å². The first kappa shape index (κ1) is 23.0. The first-order valence-electron chi connectivity index (χ1n) is 9.40. The number of aromatic nitrogens is 2. The van der Waals surface area contributed by atoms with Gasteiger partial charge in [-0.25, -0.2) is 21.6 Å². The molecular formula is C18H18F6N4O3S. The van der Waals surface area contributed by atoms with Gasteiger partial charge in [0.1, 0.15) is 11.9 Å². The summed E-state index contributed by atoms with van der Waals surface area (Å²) in [7, 11) is -3.64. The van der Waals surface area contributed by atoms with Crippen LogP contribution < -0.4 is 5.73 Å². The fourth-order valence-electron chi connectivity index (χ4n) is 4.13. The van der Waals surface area contributed by atoms with Crippen LogP contribution in [0.1, 0.15) is 29.3 Å². The molecule has 1 aromatic heterocycles. The maximum Gasteiger partial charge on any atom is 0.416 e. The summed E-state index contributed by atoms with van der Waals surface area (Å²) in [6.45, 7) is -0.0994. The van der Waals surface area contributed by atoms with Gasteiger partial charge in [0.25, 0.3) is 10.0 Å². The molecule has 1 saturated heterocycles. The van der Waals surface area contributed by atoms with Crippen LogP contribution in [0.3, 0.4) is 0 Å². The Labute approximate surface area is 178 Å². The first-order valence-corrected chi connectivity index (χ1v) is 11.2. The van der Waals surface area contributed by atoms with Crippen molar-refractivity contribution in [3.05, 3.63) is 52.6 Å². The van der Waals surface area contributed by atoms with Gasteiger partial charge in [0.05, 0.1) is 11.9 Å². The molecule has 1 aromatic carbocycles. The third kappa shape index (κ3) is 4.11. The number of fused-ring (bicyclic) bond motifs is 1. The van der Waals surface area contributed by atoms with Gasteiger partial charge in [-0.15, -0.1) is 0 Å². The van der Waals surface area contributed by atoms with E-state index in [1.165, 1.54) is 11.1 Å². The molecule has 3 heterocycles. The van der Waals surface area contributed by atoms with Crippen LogP contribution in [0.15, 0.2) is 18.3 Å². The van der Waals surface area contributed by atoms with Crippen molar-refractivity contribution in [2.45, 2.75) is 50.0 Å². The zero-order chi connectivity index (χ0) is 23.6. The van der Waals surface area contributed by atoms with Crippen LogP contribution in [-0.2, 0) is 27.8 Å². The minimum absolute atomic E-state index is 0.0254. The molecule has 0 unspecified atom stereocenters. The van der Waals surface area contributed by atoms with Gasteiger partial charge in [-0.1, -0.05) is 0 Å². The van der Waals surface area contributed by atoms with Gasteiger partial charge in [-0.3, -0.25) is 4.90 Å². The Morgan fingerprint density at radius 2 is 1.78 bits per heavy atom. The Morgan fingerprint density at radius 1 is 1.12 bits per heavy atom. The zero-order valence-corrected chi connectivity index (χ0v) is 17.3. The monoisotopic (exact) mass is 484 g/mol. The standard InChI is InChI=1S/C18H18F6N4O3S/c1-32(29,30)28-6-8-5-27(7-14(8)26-28)15-4-13(25)16(31-17(15)18(22,23)24)9-2-11(20)12(21)3-10(9)19/h2-3,6,13,15-17H,4-5,7,25H2,1H3/t13-,15+,16+,17-/m0/s1. The highest BCUT2D eigenvalue weighted by Crippen LogP contribution is 2.42. The van der Waals surface area contributed by atoms with E-state index in [9.17, 15) is 34.8 Å². The molecule has 0 saturated carbocycles. The SMILES string of the molecule is CS(=O)(=O)n1cc2c(n1)CN([C@@H]1C[C@H](N)[C@@H](c3cc(F)c(F)cc3F)O[C@@H]1C(F)(F)F)C2. The number of nitrogens with two attached hydrogens (primary N) is 1. The van der Waals surface area contributed by atoms with Gasteiger partial charge >= 0.3 is 6.18 Å². The zero-order valence-electron chi connectivity index (χ0n) is 16.5. The molecule has 176 valence electrons. The topological polar surface area (TPSA) is 90.5 Å². The lowest BCUT2D eigenvalue weighted by molar-refractivity contribution is -0.269. The van der Waals surface area contributed by atoms with Gasteiger partial charge < -0.3 is 10.5 Å². The summed E-state index contributed by atoms with van der Waals surface area (Å²) in [5, 5.41) is 3.91. The molecule has 2 aliphatic heterocycles.